The molecule has 0 spiro atoms. The Kier molecular flexibility index (Phi) is 6.75. The van der Waals surface area contributed by atoms with Crippen LogP contribution < -0.4 is 5.46 Å². The van der Waals surface area contributed by atoms with Gasteiger partial charge in [0.2, 0.25) is 0 Å². The largest absolute Gasteiger partial charge is 0.456 e. The molecule has 46 heavy (non-hydrogen) atoms. The van der Waals surface area contributed by atoms with Crippen LogP contribution in [-0.4, -0.2) is 28.4 Å². The number of benzene rings is 6. The Labute approximate surface area is 269 Å². The number of aliphatic hydroxyl groups is 1. The van der Waals surface area contributed by atoms with Gasteiger partial charge in [-0.05, 0) is 85.8 Å². The van der Waals surface area contributed by atoms with Gasteiger partial charge in [0.05, 0.1) is 27.9 Å². The molecule has 6 aromatic carbocycles. The molecule has 227 valence electrons. The average Bonchev–Trinajstić information content (AvgIpc) is 3.59. The topological polar surface area (TPSA) is 47.5 Å². The van der Waals surface area contributed by atoms with Crippen LogP contribution in [0.2, 0.25) is 0 Å². The van der Waals surface area contributed by atoms with E-state index in [9.17, 15) is 5.11 Å². The summed E-state index contributed by atoms with van der Waals surface area (Å²) in [6.45, 7) is 7.81. The van der Waals surface area contributed by atoms with E-state index in [-0.39, 0.29) is 0 Å². The molecule has 0 aliphatic carbocycles. The molecule has 1 unspecified atom stereocenters. The number of nitrogens with zero attached hydrogens (tertiary/aromatic N) is 1. The average molecular weight is 603 g/mol. The highest BCUT2D eigenvalue weighted by Crippen LogP contribution is 2.40. The lowest BCUT2D eigenvalue weighted by Gasteiger charge is -2.41. The van der Waals surface area contributed by atoms with E-state index >= 15 is 0 Å². The quantitative estimate of drug-likeness (QED) is 0.176. The van der Waals surface area contributed by atoms with E-state index in [4.69, 9.17) is 9.07 Å². The van der Waals surface area contributed by atoms with Crippen molar-refractivity contribution in [1.82, 2.24) is 4.57 Å². The zero-order valence-electron chi connectivity index (χ0n) is 26.8. The van der Waals surface area contributed by atoms with Gasteiger partial charge in [-0.2, -0.15) is 0 Å². The van der Waals surface area contributed by atoms with Crippen molar-refractivity contribution in [3.63, 3.8) is 0 Å². The summed E-state index contributed by atoms with van der Waals surface area (Å²) in [6, 6.07) is 38.9. The predicted octanol–water partition coefficient (Wildman–Crippen LogP) is 9.97. The van der Waals surface area contributed by atoms with Gasteiger partial charge in [-0.25, -0.2) is 0 Å². The van der Waals surface area contributed by atoms with Gasteiger partial charge in [-0.3, -0.25) is 0 Å². The fraction of sp³-hybridized carbons (Fsp3) is 0.220. The van der Waals surface area contributed by atoms with Gasteiger partial charge in [0.15, 0.2) is 0 Å². The first-order valence-electron chi connectivity index (χ1n) is 16.3. The third kappa shape index (κ3) is 4.52. The number of rotatable bonds is 8. The molecule has 8 rings (SSSR count). The zero-order chi connectivity index (χ0) is 31.6. The number of unbranched alkanes of at least 4 members (excludes halogenated alkanes) is 1. The zero-order valence-corrected chi connectivity index (χ0v) is 26.8. The van der Waals surface area contributed by atoms with Gasteiger partial charge in [0.25, 0.3) is 0 Å². The third-order valence-electron chi connectivity index (χ3n) is 10.0. The summed E-state index contributed by atoms with van der Waals surface area (Å²) < 4.78 is 15.2. The van der Waals surface area contributed by atoms with Crippen molar-refractivity contribution in [2.24, 2.45) is 0 Å². The van der Waals surface area contributed by atoms with Crippen molar-refractivity contribution in [2.45, 2.75) is 58.2 Å². The highest BCUT2D eigenvalue weighted by atomic mass is 16.5. The van der Waals surface area contributed by atoms with Gasteiger partial charge in [-0.15, -0.1) is 0 Å². The molecule has 1 radical (unpaired) electrons. The van der Waals surface area contributed by atoms with Crippen LogP contribution in [-0.2, 0) is 4.65 Å². The maximum absolute atomic E-state index is 11.0. The molecule has 0 saturated carbocycles. The van der Waals surface area contributed by atoms with Crippen LogP contribution in [0.3, 0.4) is 0 Å². The van der Waals surface area contributed by atoms with E-state index in [0.29, 0.717) is 0 Å². The molecule has 4 nitrogen and oxygen atoms in total. The highest BCUT2D eigenvalue weighted by molar-refractivity contribution is 6.48. The van der Waals surface area contributed by atoms with Crippen molar-refractivity contribution >= 4 is 78.2 Å². The molecule has 0 aliphatic heterocycles. The molecule has 0 bridgehead atoms. The Morgan fingerprint density at radius 1 is 0.696 bits per heavy atom. The van der Waals surface area contributed by atoms with Crippen LogP contribution >= 0.6 is 0 Å². The number of hydrogen-bond acceptors (Lipinski definition) is 3. The van der Waals surface area contributed by atoms with Crippen molar-refractivity contribution in [1.29, 1.82) is 0 Å². The molecule has 1 atom stereocenters. The number of hydrogen-bond donors (Lipinski definition) is 1. The minimum Gasteiger partial charge on any atom is -0.456 e. The third-order valence-corrected chi connectivity index (χ3v) is 10.0. The van der Waals surface area contributed by atoms with Gasteiger partial charge in [0.1, 0.15) is 11.2 Å². The SMILES string of the molecule is CCCCC(C)(O[B]c1ccc2oc3ccc4c(-n5c6ccccc6c6cc7ccccc7cc65)cccc4c3c2c1)C(C)(C)O. The van der Waals surface area contributed by atoms with Gasteiger partial charge < -0.3 is 18.7 Å². The summed E-state index contributed by atoms with van der Waals surface area (Å²) in [4.78, 5) is 0. The molecular formula is C41H37BNO3. The van der Waals surface area contributed by atoms with E-state index < -0.39 is 11.2 Å². The fourth-order valence-electron chi connectivity index (χ4n) is 7.04. The standard InChI is InChI=1S/C41H37BNO3/c1-5-6-22-41(4,40(2,3)44)46-42-28-18-20-37-33(25-28)39-31-15-11-17-35(30(31)19-21-38(39)45-37)43-34-16-10-9-14-29(34)32-23-26-12-7-8-13-27(26)24-36(32)43/h7-21,23-25,44H,5-6,22H2,1-4H3. The van der Waals surface area contributed by atoms with Crippen LogP contribution in [0.5, 0.6) is 0 Å². The fourth-order valence-corrected chi connectivity index (χ4v) is 7.04. The Bertz CT molecular complexity index is 2430. The van der Waals surface area contributed by atoms with Crippen molar-refractivity contribution < 1.29 is 14.2 Å². The highest BCUT2D eigenvalue weighted by Gasteiger charge is 2.39. The van der Waals surface area contributed by atoms with Crippen LogP contribution in [0, 0.1) is 0 Å². The molecule has 0 saturated heterocycles. The lowest BCUT2D eigenvalue weighted by molar-refractivity contribution is -0.106. The molecular weight excluding hydrogens is 565 g/mol. The van der Waals surface area contributed by atoms with Crippen molar-refractivity contribution in [3.8, 4) is 5.69 Å². The molecule has 0 amide bonds. The summed E-state index contributed by atoms with van der Waals surface area (Å²) in [5.74, 6) is 0. The maximum atomic E-state index is 11.0. The van der Waals surface area contributed by atoms with Crippen LogP contribution in [0.4, 0.5) is 0 Å². The first-order chi connectivity index (χ1) is 22.3. The normalized spacial score (nSPS) is 13.8. The monoisotopic (exact) mass is 602 g/mol. The van der Waals surface area contributed by atoms with E-state index in [1.54, 1.807) is 7.48 Å². The lowest BCUT2D eigenvalue weighted by atomic mass is 9.79. The number of aromatic nitrogens is 1. The molecule has 5 heteroatoms. The number of fused-ring (bicyclic) bond motifs is 9. The second-order valence-electron chi connectivity index (χ2n) is 13.4. The van der Waals surface area contributed by atoms with Crippen LogP contribution in [0.1, 0.15) is 47.0 Å². The second kappa shape index (κ2) is 10.8. The minimum absolute atomic E-state index is 0.703. The summed E-state index contributed by atoms with van der Waals surface area (Å²) >= 11 is 0. The molecule has 0 fully saturated rings. The van der Waals surface area contributed by atoms with E-state index in [1.807, 2.05) is 32.9 Å². The van der Waals surface area contributed by atoms with Crippen LogP contribution in [0.25, 0.3) is 71.0 Å². The predicted molar refractivity (Wildman–Crippen MR) is 194 cm³/mol. The van der Waals surface area contributed by atoms with Crippen LogP contribution in [0.15, 0.2) is 114 Å². The summed E-state index contributed by atoms with van der Waals surface area (Å²) in [6.07, 6.45) is 2.80. The molecule has 8 aromatic rings. The lowest BCUT2D eigenvalue weighted by Crippen LogP contribution is -2.51. The Hall–Kier alpha value is -4.58. The maximum Gasteiger partial charge on any atom is 0.330 e. The molecule has 1 N–H and O–H groups in total. The number of furan rings is 1. The summed E-state index contributed by atoms with van der Waals surface area (Å²) in [5, 5.41) is 20.4. The smallest absolute Gasteiger partial charge is 0.330 e. The second-order valence-corrected chi connectivity index (χ2v) is 13.4. The summed E-state index contributed by atoms with van der Waals surface area (Å²) in [5.41, 5.74) is 4.45. The summed E-state index contributed by atoms with van der Waals surface area (Å²) in [7, 11) is 1.80. The first kappa shape index (κ1) is 28.9. The van der Waals surface area contributed by atoms with Gasteiger partial charge in [0, 0.05) is 26.9 Å². The molecule has 2 aromatic heterocycles. The molecule has 2 heterocycles. The van der Waals surface area contributed by atoms with Crippen molar-refractivity contribution in [3.05, 3.63) is 109 Å². The Morgan fingerprint density at radius 2 is 1.43 bits per heavy atom. The molecule has 0 aliphatic rings. The van der Waals surface area contributed by atoms with E-state index in [2.05, 4.69) is 109 Å². The van der Waals surface area contributed by atoms with Gasteiger partial charge in [-0.1, -0.05) is 92.0 Å². The number of para-hydroxylation sites is 1. The Balaban J connectivity index is 1.30. The Morgan fingerprint density at radius 3 is 2.24 bits per heavy atom. The van der Waals surface area contributed by atoms with Gasteiger partial charge >= 0.3 is 7.48 Å². The minimum atomic E-state index is -0.989. The van der Waals surface area contributed by atoms with Crippen molar-refractivity contribution in [2.75, 3.05) is 0 Å². The first-order valence-corrected chi connectivity index (χ1v) is 16.3. The van der Waals surface area contributed by atoms with E-state index in [1.165, 1.54) is 32.6 Å². The van der Waals surface area contributed by atoms with E-state index in [0.717, 1.165) is 63.1 Å².